The topological polar surface area (TPSA) is 41.5 Å². The van der Waals surface area contributed by atoms with Crippen molar-refractivity contribution in [3.8, 4) is 0 Å². The first-order chi connectivity index (χ1) is 9.54. The van der Waals surface area contributed by atoms with Gasteiger partial charge in [-0.2, -0.15) is 0 Å². The van der Waals surface area contributed by atoms with Gasteiger partial charge < -0.3 is 5.32 Å². The number of nitrogens with zero attached hydrogens (tertiary/aromatic N) is 1. The van der Waals surface area contributed by atoms with Gasteiger partial charge in [0, 0.05) is 14.5 Å². The molecule has 0 aliphatic carbocycles. The molecule has 1 aliphatic rings. The quantitative estimate of drug-likeness (QED) is 0.756. The highest BCUT2D eigenvalue weighted by atomic mass is 79.9. The Bertz CT molecular complexity index is 736. The van der Waals surface area contributed by atoms with Crippen LogP contribution in [0.3, 0.4) is 0 Å². The molecule has 2 aromatic carbocycles. The molecule has 20 heavy (non-hydrogen) atoms. The van der Waals surface area contributed by atoms with Gasteiger partial charge in [-0.3, -0.25) is 4.79 Å². The van der Waals surface area contributed by atoms with Crippen molar-refractivity contribution in [3.05, 3.63) is 56.5 Å². The summed E-state index contributed by atoms with van der Waals surface area (Å²) in [6.07, 6.45) is 0. The average molecular weight is 394 g/mol. The molecule has 2 aromatic rings. The van der Waals surface area contributed by atoms with E-state index in [1.165, 1.54) is 0 Å². The Morgan fingerprint density at radius 1 is 1.05 bits per heavy atom. The van der Waals surface area contributed by atoms with Crippen LogP contribution < -0.4 is 5.32 Å². The fourth-order valence-corrected chi connectivity index (χ4v) is 2.98. The first kappa shape index (κ1) is 13.5. The number of nitrogens with one attached hydrogen (secondary N) is 1. The number of aliphatic imine (C=N–C) groups is 1. The molecule has 0 fully saturated rings. The molecule has 0 saturated heterocycles. The Morgan fingerprint density at radius 3 is 2.45 bits per heavy atom. The minimum absolute atomic E-state index is 0.163. The van der Waals surface area contributed by atoms with Crippen LogP contribution in [0.4, 0.5) is 11.4 Å². The lowest BCUT2D eigenvalue weighted by molar-refractivity contribution is -0.110. The van der Waals surface area contributed by atoms with Gasteiger partial charge in [0.05, 0.1) is 11.4 Å². The molecule has 0 aromatic heterocycles. The number of fused-ring (bicyclic) bond motifs is 1. The van der Waals surface area contributed by atoms with Crippen molar-refractivity contribution in [2.45, 2.75) is 6.92 Å². The van der Waals surface area contributed by atoms with Gasteiger partial charge in [-0.15, -0.1) is 0 Å². The Morgan fingerprint density at radius 2 is 1.75 bits per heavy atom. The van der Waals surface area contributed by atoms with E-state index in [1.807, 2.05) is 43.3 Å². The van der Waals surface area contributed by atoms with E-state index in [0.717, 1.165) is 31.4 Å². The third kappa shape index (κ3) is 2.43. The Balaban J connectivity index is 2.12. The zero-order valence-corrected chi connectivity index (χ0v) is 13.7. The summed E-state index contributed by atoms with van der Waals surface area (Å²) < 4.78 is 1.92. The normalized spacial score (nSPS) is 15.3. The summed E-state index contributed by atoms with van der Waals surface area (Å²) in [5.41, 5.74) is 3.90. The van der Waals surface area contributed by atoms with Crippen molar-refractivity contribution >= 4 is 54.9 Å². The summed E-state index contributed by atoms with van der Waals surface area (Å²) in [5, 5.41) is 2.87. The maximum atomic E-state index is 12.1. The van der Waals surface area contributed by atoms with Gasteiger partial charge in [0.15, 0.2) is 0 Å². The van der Waals surface area contributed by atoms with E-state index in [0.29, 0.717) is 5.71 Å². The van der Waals surface area contributed by atoms with Gasteiger partial charge in [0.1, 0.15) is 5.71 Å². The zero-order valence-electron chi connectivity index (χ0n) is 10.6. The lowest BCUT2D eigenvalue weighted by atomic mass is 10.1. The third-order valence-electron chi connectivity index (χ3n) is 3.08. The maximum Gasteiger partial charge on any atom is 0.275 e. The molecule has 0 radical (unpaired) electrons. The van der Waals surface area contributed by atoms with Gasteiger partial charge in [-0.25, -0.2) is 4.99 Å². The second kappa shape index (κ2) is 5.14. The van der Waals surface area contributed by atoms with Crippen molar-refractivity contribution in [2.75, 3.05) is 5.32 Å². The van der Waals surface area contributed by atoms with E-state index in [1.54, 1.807) is 0 Å². The summed E-state index contributed by atoms with van der Waals surface area (Å²) >= 11 is 6.84. The van der Waals surface area contributed by atoms with Crippen LogP contribution in [0.25, 0.3) is 0 Å². The molecule has 1 amide bonds. The predicted molar refractivity (Wildman–Crippen MR) is 87.8 cm³/mol. The van der Waals surface area contributed by atoms with Gasteiger partial charge in [0.2, 0.25) is 0 Å². The van der Waals surface area contributed by atoms with Crippen molar-refractivity contribution in [1.82, 2.24) is 0 Å². The number of hydrogen-bond acceptors (Lipinski definition) is 2. The number of amides is 1. The van der Waals surface area contributed by atoms with Crippen molar-refractivity contribution in [3.63, 3.8) is 0 Å². The zero-order chi connectivity index (χ0) is 14.3. The van der Waals surface area contributed by atoms with Gasteiger partial charge in [0.25, 0.3) is 5.91 Å². The van der Waals surface area contributed by atoms with E-state index >= 15 is 0 Å². The molecule has 0 atom stereocenters. The molecule has 1 aliphatic heterocycles. The molecule has 1 N–H and O–H groups in total. The number of anilines is 1. The third-order valence-corrected chi connectivity index (χ3v) is 4.06. The average Bonchev–Trinajstić information content (AvgIpc) is 2.70. The van der Waals surface area contributed by atoms with Gasteiger partial charge >= 0.3 is 0 Å². The molecular formula is C15H10Br2N2O. The van der Waals surface area contributed by atoms with E-state index in [2.05, 4.69) is 42.2 Å². The molecule has 0 saturated carbocycles. The van der Waals surface area contributed by atoms with Crippen LogP contribution in [0, 0.1) is 6.92 Å². The van der Waals surface area contributed by atoms with Crippen LogP contribution in [-0.2, 0) is 4.79 Å². The monoisotopic (exact) mass is 392 g/mol. The summed E-state index contributed by atoms with van der Waals surface area (Å²) in [6, 6.07) is 11.4. The lowest BCUT2D eigenvalue weighted by Crippen LogP contribution is -2.13. The standard InChI is InChI=1S/C15H10Br2N2O/c1-8-6-10(17)7-12-13(8)19-15(20)14(12)18-11-4-2-9(16)3-5-11/h2-7H,1H3,(H,18,19,20). The number of hydrogen-bond donors (Lipinski definition) is 1. The number of carbonyl (C=O) groups excluding carboxylic acids is 1. The number of halogens is 2. The molecular weight excluding hydrogens is 384 g/mol. The fourth-order valence-electron chi connectivity index (χ4n) is 2.15. The lowest BCUT2D eigenvalue weighted by Gasteiger charge is -2.03. The summed E-state index contributed by atoms with van der Waals surface area (Å²) in [5.74, 6) is -0.163. The predicted octanol–water partition coefficient (Wildman–Crippen LogP) is 4.59. The molecule has 5 heteroatoms. The highest BCUT2D eigenvalue weighted by Crippen LogP contribution is 2.32. The smallest absolute Gasteiger partial charge is 0.275 e. The van der Waals surface area contributed by atoms with Crippen LogP contribution in [0.1, 0.15) is 11.1 Å². The van der Waals surface area contributed by atoms with E-state index in [-0.39, 0.29) is 5.91 Å². The highest BCUT2D eigenvalue weighted by Gasteiger charge is 2.27. The highest BCUT2D eigenvalue weighted by molar-refractivity contribution is 9.10. The second-order valence-electron chi connectivity index (χ2n) is 4.54. The van der Waals surface area contributed by atoms with Crippen LogP contribution in [0.15, 0.2) is 50.3 Å². The molecule has 3 nitrogen and oxygen atoms in total. The van der Waals surface area contributed by atoms with Crippen LogP contribution in [-0.4, -0.2) is 11.6 Å². The van der Waals surface area contributed by atoms with Gasteiger partial charge in [-0.1, -0.05) is 31.9 Å². The summed E-state index contributed by atoms with van der Waals surface area (Å²) in [7, 11) is 0. The summed E-state index contributed by atoms with van der Waals surface area (Å²) in [6.45, 7) is 1.96. The number of aryl methyl sites for hydroxylation is 1. The number of benzene rings is 2. The van der Waals surface area contributed by atoms with Crippen LogP contribution >= 0.6 is 31.9 Å². The SMILES string of the molecule is Cc1cc(Br)cc2c1NC(=O)C2=Nc1ccc(Br)cc1. The van der Waals surface area contributed by atoms with E-state index in [4.69, 9.17) is 0 Å². The first-order valence-corrected chi connectivity index (χ1v) is 7.59. The molecule has 0 spiro atoms. The number of rotatable bonds is 1. The Kier molecular flexibility index (Phi) is 3.48. The minimum atomic E-state index is -0.163. The van der Waals surface area contributed by atoms with Gasteiger partial charge in [-0.05, 0) is 48.9 Å². The Hall–Kier alpha value is -1.46. The van der Waals surface area contributed by atoms with Crippen molar-refractivity contribution < 1.29 is 4.79 Å². The second-order valence-corrected chi connectivity index (χ2v) is 6.37. The van der Waals surface area contributed by atoms with E-state index < -0.39 is 0 Å². The van der Waals surface area contributed by atoms with Crippen LogP contribution in [0.5, 0.6) is 0 Å². The van der Waals surface area contributed by atoms with Crippen LogP contribution in [0.2, 0.25) is 0 Å². The summed E-state index contributed by atoms with van der Waals surface area (Å²) in [4.78, 5) is 16.6. The number of carbonyl (C=O) groups is 1. The minimum Gasteiger partial charge on any atom is -0.320 e. The van der Waals surface area contributed by atoms with E-state index in [9.17, 15) is 4.79 Å². The Labute approximate surface area is 133 Å². The fraction of sp³-hybridized carbons (Fsp3) is 0.0667. The molecule has 100 valence electrons. The molecule has 0 bridgehead atoms. The largest absolute Gasteiger partial charge is 0.320 e. The molecule has 3 rings (SSSR count). The van der Waals surface area contributed by atoms with Crippen molar-refractivity contribution in [1.29, 1.82) is 0 Å². The maximum absolute atomic E-state index is 12.1. The van der Waals surface area contributed by atoms with Crippen molar-refractivity contribution in [2.24, 2.45) is 4.99 Å². The molecule has 0 unspecified atom stereocenters. The first-order valence-electron chi connectivity index (χ1n) is 6.01. The molecule has 1 heterocycles.